The average molecular weight is 301 g/mol. The first-order valence-electron chi connectivity index (χ1n) is 7.36. The Labute approximate surface area is 123 Å². The zero-order chi connectivity index (χ0) is 15.6. The molecule has 0 heterocycles. The molecule has 0 aliphatic heterocycles. The molecule has 21 heavy (non-hydrogen) atoms. The summed E-state index contributed by atoms with van der Waals surface area (Å²) in [5, 5.41) is 0. The highest BCUT2D eigenvalue weighted by Gasteiger charge is 2.34. The SMILES string of the molecule is CC1CC(C)CC(Oc2ccc(CN)c(C(F)(F)F)c2)C1. The summed E-state index contributed by atoms with van der Waals surface area (Å²) in [5.74, 6) is 1.37. The van der Waals surface area contributed by atoms with Gasteiger partial charge in [0.15, 0.2) is 0 Å². The monoisotopic (exact) mass is 301 g/mol. The van der Waals surface area contributed by atoms with Gasteiger partial charge in [-0.3, -0.25) is 0 Å². The summed E-state index contributed by atoms with van der Waals surface area (Å²) in [5.41, 5.74) is 4.78. The van der Waals surface area contributed by atoms with E-state index >= 15 is 0 Å². The minimum atomic E-state index is -4.40. The van der Waals surface area contributed by atoms with Crippen molar-refractivity contribution in [3.8, 4) is 5.75 Å². The summed E-state index contributed by atoms with van der Waals surface area (Å²) in [4.78, 5) is 0. The molecule has 2 N–H and O–H groups in total. The molecule has 2 nitrogen and oxygen atoms in total. The van der Waals surface area contributed by atoms with Crippen LogP contribution in [0.4, 0.5) is 13.2 Å². The molecule has 1 saturated carbocycles. The molecule has 0 spiro atoms. The fourth-order valence-corrected chi connectivity index (χ4v) is 3.23. The van der Waals surface area contributed by atoms with Crippen molar-refractivity contribution in [1.82, 2.24) is 0 Å². The minimum Gasteiger partial charge on any atom is -0.490 e. The van der Waals surface area contributed by atoms with Crippen LogP contribution in [0.1, 0.15) is 44.2 Å². The van der Waals surface area contributed by atoms with Gasteiger partial charge in [-0.15, -0.1) is 0 Å². The van der Waals surface area contributed by atoms with Crippen LogP contribution in [-0.4, -0.2) is 6.10 Å². The standard InChI is InChI=1S/C16H22F3NO/c1-10-5-11(2)7-14(6-10)21-13-4-3-12(9-20)15(8-13)16(17,18)19/h3-4,8,10-11,14H,5-7,9,20H2,1-2H3. The van der Waals surface area contributed by atoms with E-state index in [9.17, 15) is 13.2 Å². The van der Waals surface area contributed by atoms with E-state index in [2.05, 4.69) is 13.8 Å². The lowest BCUT2D eigenvalue weighted by Crippen LogP contribution is -2.28. The predicted molar refractivity (Wildman–Crippen MR) is 75.9 cm³/mol. The van der Waals surface area contributed by atoms with E-state index < -0.39 is 11.7 Å². The van der Waals surface area contributed by atoms with Crippen molar-refractivity contribution in [1.29, 1.82) is 0 Å². The average Bonchev–Trinajstić information content (AvgIpc) is 2.36. The molecule has 2 unspecified atom stereocenters. The molecule has 2 atom stereocenters. The van der Waals surface area contributed by atoms with Gasteiger partial charge in [0.2, 0.25) is 0 Å². The number of benzene rings is 1. The van der Waals surface area contributed by atoms with Gasteiger partial charge >= 0.3 is 6.18 Å². The maximum absolute atomic E-state index is 13.0. The van der Waals surface area contributed by atoms with E-state index in [4.69, 9.17) is 10.5 Å². The third kappa shape index (κ3) is 4.13. The molecule has 1 aliphatic rings. The largest absolute Gasteiger partial charge is 0.490 e. The van der Waals surface area contributed by atoms with Crippen molar-refractivity contribution in [2.45, 2.75) is 51.9 Å². The van der Waals surface area contributed by atoms with Crippen LogP contribution in [0.2, 0.25) is 0 Å². The molecular weight excluding hydrogens is 279 g/mol. The molecule has 118 valence electrons. The molecule has 0 aromatic heterocycles. The van der Waals surface area contributed by atoms with E-state index in [0.717, 1.165) is 25.3 Å². The third-order valence-corrected chi connectivity index (χ3v) is 4.04. The Balaban J connectivity index is 2.17. The Kier molecular flexibility index (Phi) is 4.81. The van der Waals surface area contributed by atoms with Crippen LogP contribution < -0.4 is 10.5 Å². The van der Waals surface area contributed by atoms with Crippen LogP contribution in [0.25, 0.3) is 0 Å². The zero-order valence-corrected chi connectivity index (χ0v) is 12.4. The van der Waals surface area contributed by atoms with Crippen LogP contribution in [-0.2, 0) is 12.7 Å². The lowest BCUT2D eigenvalue weighted by atomic mass is 9.82. The fraction of sp³-hybridized carbons (Fsp3) is 0.625. The van der Waals surface area contributed by atoms with Crippen molar-refractivity contribution in [2.75, 3.05) is 0 Å². The number of hydrogen-bond donors (Lipinski definition) is 1. The Morgan fingerprint density at radius 1 is 1.14 bits per heavy atom. The highest BCUT2D eigenvalue weighted by atomic mass is 19.4. The van der Waals surface area contributed by atoms with Gasteiger partial charge in [0, 0.05) is 6.54 Å². The first-order valence-corrected chi connectivity index (χ1v) is 7.36. The molecule has 0 radical (unpaired) electrons. The number of ether oxygens (including phenoxy) is 1. The second-order valence-corrected chi connectivity index (χ2v) is 6.18. The number of hydrogen-bond acceptors (Lipinski definition) is 2. The normalized spacial score (nSPS) is 26.7. The van der Waals surface area contributed by atoms with Crippen LogP contribution in [0.15, 0.2) is 18.2 Å². The van der Waals surface area contributed by atoms with Gasteiger partial charge in [-0.25, -0.2) is 0 Å². The van der Waals surface area contributed by atoms with E-state index in [1.807, 2.05) is 0 Å². The molecular formula is C16H22F3NO. The first kappa shape index (κ1) is 16.1. The van der Waals surface area contributed by atoms with E-state index in [-0.39, 0.29) is 24.0 Å². The number of halogens is 3. The second-order valence-electron chi connectivity index (χ2n) is 6.18. The molecule has 1 aromatic carbocycles. The van der Waals surface area contributed by atoms with Gasteiger partial charge in [0.25, 0.3) is 0 Å². The molecule has 0 bridgehead atoms. The maximum Gasteiger partial charge on any atom is 0.416 e. The van der Waals surface area contributed by atoms with Crippen LogP contribution in [0.3, 0.4) is 0 Å². The topological polar surface area (TPSA) is 35.2 Å². The van der Waals surface area contributed by atoms with Crippen LogP contribution in [0, 0.1) is 11.8 Å². The van der Waals surface area contributed by atoms with Crippen LogP contribution in [0.5, 0.6) is 5.75 Å². The molecule has 5 heteroatoms. The lowest BCUT2D eigenvalue weighted by molar-refractivity contribution is -0.138. The van der Waals surface area contributed by atoms with Crippen molar-refractivity contribution < 1.29 is 17.9 Å². The fourth-order valence-electron chi connectivity index (χ4n) is 3.23. The Hall–Kier alpha value is -1.23. The molecule has 1 aliphatic carbocycles. The quantitative estimate of drug-likeness (QED) is 0.900. The van der Waals surface area contributed by atoms with E-state index in [1.54, 1.807) is 6.07 Å². The molecule has 0 amide bonds. The molecule has 1 fully saturated rings. The summed E-state index contributed by atoms with van der Waals surface area (Å²) in [6, 6.07) is 4.07. The van der Waals surface area contributed by atoms with Crippen molar-refractivity contribution in [3.63, 3.8) is 0 Å². The van der Waals surface area contributed by atoms with Gasteiger partial charge in [-0.1, -0.05) is 19.9 Å². The highest BCUT2D eigenvalue weighted by Crippen LogP contribution is 2.36. The Bertz CT molecular complexity index is 477. The van der Waals surface area contributed by atoms with Crippen LogP contribution >= 0.6 is 0 Å². The van der Waals surface area contributed by atoms with E-state index in [0.29, 0.717) is 11.8 Å². The zero-order valence-electron chi connectivity index (χ0n) is 12.4. The van der Waals surface area contributed by atoms with Gasteiger partial charge in [-0.05, 0) is 48.8 Å². The lowest BCUT2D eigenvalue weighted by Gasteiger charge is -2.32. The maximum atomic E-state index is 13.0. The van der Waals surface area contributed by atoms with Gasteiger partial charge in [-0.2, -0.15) is 13.2 Å². The minimum absolute atomic E-state index is 0.00596. The Morgan fingerprint density at radius 3 is 2.29 bits per heavy atom. The van der Waals surface area contributed by atoms with Crippen molar-refractivity contribution >= 4 is 0 Å². The summed E-state index contributed by atoms with van der Waals surface area (Å²) < 4.78 is 44.8. The predicted octanol–water partition coefficient (Wildman–Crippen LogP) is 4.37. The first-order chi connectivity index (χ1) is 9.79. The molecule has 0 saturated heterocycles. The number of alkyl halides is 3. The second kappa shape index (κ2) is 6.26. The highest BCUT2D eigenvalue weighted by molar-refractivity contribution is 5.37. The van der Waals surface area contributed by atoms with Gasteiger partial charge < -0.3 is 10.5 Å². The molecule has 2 rings (SSSR count). The Morgan fingerprint density at radius 2 is 1.76 bits per heavy atom. The van der Waals surface area contributed by atoms with Gasteiger partial charge in [0.1, 0.15) is 5.75 Å². The summed E-state index contributed by atoms with van der Waals surface area (Å²) in [6.07, 6.45) is -1.47. The van der Waals surface area contributed by atoms with Gasteiger partial charge in [0.05, 0.1) is 11.7 Å². The number of nitrogens with two attached hydrogens (primary N) is 1. The van der Waals surface area contributed by atoms with Crippen molar-refractivity contribution in [2.24, 2.45) is 17.6 Å². The third-order valence-electron chi connectivity index (χ3n) is 4.04. The number of rotatable bonds is 3. The van der Waals surface area contributed by atoms with Crippen molar-refractivity contribution in [3.05, 3.63) is 29.3 Å². The smallest absolute Gasteiger partial charge is 0.416 e. The molecule has 1 aromatic rings. The summed E-state index contributed by atoms with van der Waals surface area (Å²) >= 11 is 0. The summed E-state index contributed by atoms with van der Waals surface area (Å²) in [7, 11) is 0. The van der Waals surface area contributed by atoms with E-state index in [1.165, 1.54) is 6.07 Å². The summed E-state index contributed by atoms with van der Waals surface area (Å²) in [6.45, 7) is 4.18.